The zero-order valence-electron chi connectivity index (χ0n) is 19.2. The Kier molecular flexibility index (Phi) is 7.71. The quantitative estimate of drug-likeness (QED) is 0.613. The molecule has 1 fully saturated rings. The second kappa shape index (κ2) is 10.5. The van der Waals surface area contributed by atoms with Crippen LogP contribution in [-0.2, 0) is 11.2 Å². The van der Waals surface area contributed by atoms with Gasteiger partial charge in [0.2, 0.25) is 0 Å². The topological polar surface area (TPSA) is 46.5 Å². The van der Waals surface area contributed by atoms with Gasteiger partial charge in [-0.1, -0.05) is 24.3 Å². The number of hydrogen-bond acceptors (Lipinski definition) is 5. The smallest absolute Gasteiger partial charge is 0.254 e. The summed E-state index contributed by atoms with van der Waals surface area (Å²) in [4.78, 5) is 13.0. The molecule has 4 rings (SSSR count). The van der Waals surface area contributed by atoms with E-state index in [1.54, 1.807) is 24.3 Å². The summed E-state index contributed by atoms with van der Waals surface area (Å²) in [7, 11) is 4.01. The Morgan fingerprint density at radius 2 is 1.88 bits per heavy atom. The third-order valence-corrected chi connectivity index (χ3v) is 7.58. The van der Waals surface area contributed by atoms with Crippen LogP contribution >= 0.6 is 12.1 Å². The molecule has 2 aromatic rings. The summed E-state index contributed by atoms with van der Waals surface area (Å²) >= 11 is 1.56. The minimum atomic E-state index is -0.0993. The molecule has 7 heteroatoms. The Morgan fingerprint density at radius 1 is 1.12 bits per heavy atom. The van der Waals surface area contributed by atoms with Gasteiger partial charge < -0.3 is 9.30 Å². The second-order valence-corrected chi connectivity index (χ2v) is 10.4. The fourth-order valence-corrected chi connectivity index (χ4v) is 5.64. The van der Waals surface area contributed by atoms with Gasteiger partial charge in [-0.05, 0) is 83.2 Å². The molecule has 0 spiro atoms. The summed E-state index contributed by atoms with van der Waals surface area (Å²) in [5.41, 5.74) is 2.77. The first-order chi connectivity index (χ1) is 15.4. The van der Waals surface area contributed by atoms with Gasteiger partial charge in [0, 0.05) is 29.4 Å². The van der Waals surface area contributed by atoms with E-state index in [4.69, 9.17) is 4.74 Å². The highest BCUT2D eigenvalue weighted by Gasteiger charge is 2.32. The molecule has 2 unspecified atom stereocenters. The SMILES string of the molecule is Cc1ccc2n(c1=O)C(COC1CCC(c3ccccc3F)CC1)C(NSN(C)C)CC2. The Balaban J connectivity index is 1.43. The summed E-state index contributed by atoms with van der Waals surface area (Å²) in [6.45, 7) is 2.39. The molecule has 2 aliphatic rings. The number of hydrogen-bond donors (Lipinski definition) is 1. The van der Waals surface area contributed by atoms with Gasteiger partial charge in [-0.15, -0.1) is 0 Å². The van der Waals surface area contributed by atoms with Crippen LogP contribution in [0.5, 0.6) is 0 Å². The standard InChI is InChI=1S/C25H34FN3O2S/c1-17-8-11-19-12-15-23(27-32-28(2)3)24(29(19)25(17)30)16-31-20-13-9-18(10-14-20)21-6-4-5-7-22(21)26/h4-8,11,18,20,23-24,27H,9-10,12-16H2,1-3H3. The molecular weight excluding hydrogens is 425 g/mol. The van der Waals surface area contributed by atoms with E-state index in [9.17, 15) is 9.18 Å². The molecule has 1 aromatic heterocycles. The van der Waals surface area contributed by atoms with Gasteiger partial charge in [-0.25, -0.2) is 13.4 Å². The molecule has 1 aliphatic heterocycles. The highest BCUT2D eigenvalue weighted by molar-refractivity contribution is 7.95. The van der Waals surface area contributed by atoms with Crippen molar-refractivity contribution in [3.8, 4) is 0 Å². The van der Waals surface area contributed by atoms with E-state index in [1.807, 2.05) is 48.1 Å². The van der Waals surface area contributed by atoms with Crippen LogP contribution in [0.3, 0.4) is 0 Å². The Bertz CT molecular complexity index is 972. The summed E-state index contributed by atoms with van der Waals surface area (Å²) < 4.78 is 28.1. The molecule has 174 valence electrons. The zero-order chi connectivity index (χ0) is 22.7. The number of pyridine rings is 1. The lowest BCUT2D eigenvalue weighted by atomic mass is 9.82. The number of nitrogens with one attached hydrogen (secondary N) is 1. The molecule has 0 amide bonds. The van der Waals surface area contributed by atoms with Crippen LogP contribution in [0.25, 0.3) is 0 Å². The van der Waals surface area contributed by atoms with Crippen molar-refractivity contribution in [3.05, 3.63) is 69.4 Å². The van der Waals surface area contributed by atoms with Crippen LogP contribution in [0.4, 0.5) is 4.39 Å². The van der Waals surface area contributed by atoms with Crippen LogP contribution in [0, 0.1) is 12.7 Å². The monoisotopic (exact) mass is 459 g/mol. The maximum Gasteiger partial charge on any atom is 0.254 e. The van der Waals surface area contributed by atoms with Crippen molar-refractivity contribution in [1.29, 1.82) is 0 Å². The third kappa shape index (κ3) is 5.28. The van der Waals surface area contributed by atoms with Crippen molar-refractivity contribution in [1.82, 2.24) is 13.6 Å². The maximum absolute atomic E-state index is 14.2. The molecule has 1 N–H and O–H groups in total. The lowest BCUT2D eigenvalue weighted by molar-refractivity contribution is -0.00172. The van der Waals surface area contributed by atoms with Gasteiger partial charge in [-0.2, -0.15) is 0 Å². The number of ether oxygens (including phenoxy) is 1. The number of benzene rings is 1. The van der Waals surface area contributed by atoms with E-state index in [0.29, 0.717) is 6.61 Å². The fraction of sp³-hybridized carbons (Fsp3) is 0.560. The number of halogens is 1. The lowest BCUT2D eigenvalue weighted by Gasteiger charge is -2.37. The normalized spacial score (nSPS) is 25.7. The fourth-order valence-electron chi connectivity index (χ4n) is 5.02. The molecule has 2 atom stereocenters. The van der Waals surface area contributed by atoms with Crippen LogP contribution < -0.4 is 10.3 Å². The molecule has 0 saturated heterocycles. The molecule has 1 aromatic carbocycles. The van der Waals surface area contributed by atoms with E-state index in [1.165, 1.54) is 0 Å². The summed E-state index contributed by atoms with van der Waals surface area (Å²) in [6, 6.07) is 11.3. The van der Waals surface area contributed by atoms with Gasteiger partial charge in [0.25, 0.3) is 5.56 Å². The summed E-state index contributed by atoms with van der Waals surface area (Å²) in [6.07, 6.45) is 5.72. The minimum absolute atomic E-state index is 0.0390. The third-order valence-electron chi connectivity index (χ3n) is 6.81. The van der Waals surface area contributed by atoms with Crippen molar-refractivity contribution >= 4 is 12.1 Å². The number of fused-ring (bicyclic) bond motifs is 1. The van der Waals surface area contributed by atoms with E-state index in [2.05, 4.69) is 10.8 Å². The van der Waals surface area contributed by atoms with Gasteiger partial charge >= 0.3 is 0 Å². The first kappa shape index (κ1) is 23.5. The van der Waals surface area contributed by atoms with Gasteiger partial charge in [0.15, 0.2) is 0 Å². The molecule has 32 heavy (non-hydrogen) atoms. The predicted molar refractivity (Wildman–Crippen MR) is 128 cm³/mol. The van der Waals surface area contributed by atoms with Crippen molar-refractivity contribution < 1.29 is 9.13 Å². The van der Waals surface area contributed by atoms with Crippen molar-refractivity contribution in [2.24, 2.45) is 0 Å². The average molecular weight is 460 g/mol. The Hall–Kier alpha value is -1.67. The van der Waals surface area contributed by atoms with Gasteiger partial charge in [0.05, 0.1) is 18.8 Å². The molecule has 1 aliphatic carbocycles. The zero-order valence-corrected chi connectivity index (χ0v) is 20.0. The largest absolute Gasteiger partial charge is 0.376 e. The Morgan fingerprint density at radius 3 is 2.59 bits per heavy atom. The molecule has 0 bridgehead atoms. The first-order valence-electron chi connectivity index (χ1n) is 11.6. The van der Waals surface area contributed by atoms with E-state index in [0.717, 1.165) is 55.3 Å². The van der Waals surface area contributed by atoms with Crippen molar-refractivity contribution in [3.63, 3.8) is 0 Å². The van der Waals surface area contributed by atoms with Crippen LogP contribution in [-0.4, -0.2) is 41.7 Å². The number of aryl methyl sites for hydroxylation is 2. The highest BCUT2D eigenvalue weighted by Crippen LogP contribution is 2.36. The predicted octanol–water partition coefficient (Wildman–Crippen LogP) is 4.61. The highest BCUT2D eigenvalue weighted by atomic mass is 32.2. The van der Waals surface area contributed by atoms with Crippen molar-refractivity contribution in [2.75, 3.05) is 20.7 Å². The number of nitrogens with zero attached hydrogens (tertiary/aromatic N) is 2. The van der Waals surface area contributed by atoms with Gasteiger partial charge in [0.1, 0.15) is 5.82 Å². The average Bonchev–Trinajstić information content (AvgIpc) is 2.79. The van der Waals surface area contributed by atoms with E-state index in [-0.39, 0.29) is 35.5 Å². The Labute approximate surface area is 194 Å². The van der Waals surface area contributed by atoms with Crippen LogP contribution in [0.2, 0.25) is 0 Å². The second-order valence-electron chi connectivity index (χ2n) is 9.25. The molecular formula is C25H34FN3O2S. The summed E-state index contributed by atoms with van der Waals surface area (Å²) in [5, 5.41) is 0. The maximum atomic E-state index is 14.2. The first-order valence-corrected chi connectivity index (χ1v) is 12.4. The minimum Gasteiger partial charge on any atom is -0.376 e. The molecule has 5 nitrogen and oxygen atoms in total. The molecule has 1 saturated carbocycles. The van der Waals surface area contributed by atoms with Gasteiger partial charge in [-0.3, -0.25) is 4.79 Å². The lowest BCUT2D eigenvalue weighted by Crippen LogP contribution is -2.47. The number of aromatic nitrogens is 1. The molecule has 0 radical (unpaired) electrons. The van der Waals surface area contributed by atoms with Crippen LogP contribution in [0.15, 0.2) is 41.2 Å². The van der Waals surface area contributed by atoms with E-state index < -0.39 is 0 Å². The van der Waals surface area contributed by atoms with E-state index >= 15 is 0 Å². The van der Waals surface area contributed by atoms with Crippen molar-refractivity contribution in [2.45, 2.75) is 69.6 Å². The summed E-state index contributed by atoms with van der Waals surface area (Å²) in [5.74, 6) is 0.167. The molecule has 2 heterocycles. The number of rotatable bonds is 7. The van der Waals surface area contributed by atoms with Crippen LogP contribution in [0.1, 0.15) is 60.9 Å².